The Kier molecular flexibility index (Phi) is 4.26. The zero-order valence-corrected chi connectivity index (χ0v) is 16.2. The number of amides is 1. The summed E-state index contributed by atoms with van der Waals surface area (Å²) in [5.74, 6) is 2.35. The molecule has 0 saturated carbocycles. The van der Waals surface area contributed by atoms with Crippen molar-refractivity contribution < 1.29 is 4.79 Å². The monoisotopic (exact) mass is 375 g/mol. The molecule has 2 aliphatic heterocycles. The Bertz CT molecular complexity index is 991. The van der Waals surface area contributed by atoms with Gasteiger partial charge in [0.25, 0.3) is 0 Å². The van der Waals surface area contributed by atoms with Gasteiger partial charge in [-0.25, -0.2) is 9.97 Å². The predicted molar refractivity (Wildman–Crippen MR) is 108 cm³/mol. The fourth-order valence-corrected chi connectivity index (χ4v) is 4.32. The van der Waals surface area contributed by atoms with E-state index in [1.165, 1.54) is 18.7 Å². The topological polar surface area (TPSA) is 64.7 Å². The number of nitrogens with one attached hydrogen (secondary N) is 1. The van der Waals surface area contributed by atoms with Crippen molar-refractivity contribution in [2.75, 3.05) is 5.32 Å². The van der Waals surface area contributed by atoms with Crippen molar-refractivity contribution in [2.45, 2.75) is 52.1 Å². The van der Waals surface area contributed by atoms with Crippen LogP contribution in [0.25, 0.3) is 11.3 Å². The average Bonchev–Trinajstić information content (AvgIpc) is 3.30. The Balaban J connectivity index is 1.26. The van der Waals surface area contributed by atoms with Crippen LogP contribution in [0.2, 0.25) is 0 Å². The molecule has 2 aliphatic rings. The lowest BCUT2D eigenvalue weighted by atomic mass is 9.98. The van der Waals surface area contributed by atoms with Crippen LogP contribution in [0.15, 0.2) is 36.7 Å². The van der Waals surface area contributed by atoms with Crippen molar-refractivity contribution in [1.29, 1.82) is 0 Å². The van der Waals surface area contributed by atoms with E-state index in [1.807, 2.05) is 37.4 Å². The van der Waals surface area contributed by atoms with Crippen LogP contribution in [0.3, 0.4) is 0 Å². The van der Waals surface area contributed by atoms with Gasteiger partial charge in [0.2, 0.25) is 5.91 Å². The summed E-state index contributed by atoms with van der Waals surface area (Å²) in [6.07, 6.45) is 9.41. The minimum absolute atomic E-state index is 0.0133. The highest BCUT2D eigenvalue weighted by atomic mass is 16.1. The zero-order chi connectivity index (χ0) is 19.1. The van der Waals surface area contributed by atoms with E-state index in [4.69, 9.17) is 4.98 Å². The van der Waals surface area contributed by atoms with Gasteiger partial charge in [0.1, 0.15) is 11.6 Å². The molecule has 144 valence electrons. The zero-order valence-electron chi connectivity index (χ0n) is 16.2. The van der Waals surface area contributed by atoms with Gasteiger partial charge in [0, 0.05) is 49.6 Å². The third-order valence-electron chi connectivity index (χ3n) is 5.84. The van der Waals surface area contributed by atoms with Crippen molar-refractivity contribution in [2.24, 2.45) is 5.92 Å². The van der Waals surface area contributed by atoms with Crippen LogP contribution in [0, 0.1) is 12.8 Å². The quantitative estimate of drug-likeness (QED) is 0.761. The molecule has 0 aliphatic carbocycles. The number of imidazole rings is 2. The van der Waals surface area contributed by atoms with Crippen molar-refractivity contribution >= 4 is 11.6 Å². The lowest BCUT2D eigenvalue weighted by Crippen LogP contribution is -2.31. The summed E-state index contributed by atoms with van der Waals surface area (Å²) in [5.41, 5.74) is 3.97. The summed E-state index contributed by atoms with van der Waals surface area (Å²) in [6, 6.07) is 8.03. The van der Waals surface area contributed by atoms with Gasteiger partial charge in [-0.1, -0.05) is 12.1 Å². The highest BCUT2D eigenvalue weighted by molar-refractivity contribution is 5.92. The summed E-state index contributed by atoms with van der Waals surface area (Å²) < 4.78 is 4.39. The molecule has 1 N–H and O–H groups in total. The number of carbonyl (C=O) groups is 1. The maximum Gasteiger partial charge on any atom is 0.229 e. The standard InChI is InChI=1S/C22H25N5O/c1-15-12-27-13-17(7-10-21(27)23-15)22(28)24-18-8-5-16(6-9-18)19-14-26-11-3-2-4-20(26)25-19/h5-6,8-9,12,14,17H,2-4,7,10-11,13H2,1H3,(H,24,28). The third kappa shape index (κ3) is 3.23. The molecule has 0 spiro atoms. The first-order valence-corrected chi connectivity index (χ1v) is 10.2. The van der Waals surface area contributed by atoms with Crippen LogP contribution >= 0.6 is 0 Å². The molecule has 1 atom stereocenters. The van der Waals surface area contributed by atoms with Crippen LogP contribution in [0.4, 0.5) is 5.69 Å². The van der Waals surface area contributed by atoms with E-state index < -0.39 is 0 Å². The van der Waals surface area contributed by atoms with Gasteiger partial charge < -0.3 is 14.5 Å². The third-order valence-corrected chi connectivity index (χ3v) is 5.84. The Morgan fingerprint density at radius 3 is 2.68 bits per heavy atom. The van der Waals surface area contributed by atoms with E-state index in [-0.39, 0.29) is 11.8 Å². The van der Waals surface area contributed by atoms with Crippen LogP contribution < -0.4 is 5.32 Å². The molecular weight excluding hydrogens is 350 g/mol. The number of benzene rings is 1. The normalized spacial score (nSPS) is 18.4. The maximum absolute atomic E-state index is 12.7. The van der Waals surface area contributed by atoms with E-state index in [0.29, 0.717) is 6.54 Å². The largest absolute Gasteiger partial charge is 0.334 e. The van der Waals surface area contributed by atoms with Crippen molar-refractivity contribution in [1.82, 2.24) is 19.1 Å². The summed E-state index contributed by atoms with van der Waals surface area (Å²) in [6.45, 7) is 3.77. The second-order valence-electron chi connectivity index (χ2n) is 7.95. The number of rotatable bonds is 3. The minimum Gasteiger partial charge on any atom is -0.334 e. The molecule has 2 aromatic heterocycles. The fraction of sp³-hybridized carbons (Fsp3) is 0.409. The number of aryl methyl sites for hydroxylation is 4. The maximum atomic E-state index is 12.7. The van der Waals surface area contributed by atoms with Gasteiger partial charge in [0.15, 0.2) is 0 Å². The first kappa shape index (κ1) is 17.2. The molecule has 0 fully saturated rings. The summed E-state index contributed by atoms with van der Waals surface area (Å²) in [7, 11) is 0. The highest BCUT2D eigenvalue weighted by Crippen LogP contribution is 2.25. The molecule has 28 heavy (non-hydrogen) atoms. The molecule has 0 saturated heterocycles. The van der Waals surface area contributed by atoms with Crippen LogP contribution in [0.1, 0.15) is 36.6 Å². The molecular formula is C22H25N5O. The van der Waals surface area contributed by atoms with E-state index in [0.717, 1.165) is 54.3 Å². The summed E-state index contributed by atoms with van der Waals surface area (Å²) >= 11 is 0. The Labute approximate surface area is 164 Å². The first-order valence-electron chi connectivity index (χ1n) is 10.2. The average molecular weight is 375 g/mol. The summed E-state index contributed by atoms with van der Waals surface area (Å²) in [5, 5.41) is 3.08. The second-order valence-corrected chi connectivity index (χ2v) is 7.95. The smallest absolute Gasteiger partial charge is 0.229 e. The van der Waals surface area contributed by atoms with E-state index in [2.05, 4.69) is 25.6 Å². The molecule has 4 heterocycles. The molecule has 6 heteroatoms. The lowest BCUT2D eigenvalue weighted by Gasteiger charge is -2.23. The van der Waals surface area contributed by atoms with Gasteiger partial charge in [-0.2, -0.15) is 0 Å². The molecule has 1 amide bonds. The number of carbonyl (C=O) groups excluding carboxylic acids is 1. The number of fused-ring (bicyclic) bond motifs is 2. The van der Waals surface area contributed by atoms with Crippen LogP contribution in [-0.2, 0) is 30.7 Å². The SMILES string of the molecule is Cc1cn2c(n1)CCC(C(=O)Nc1ccc(-c3cn4c(n3)CCCC4)cc1)C2. The molecule has 0 bridgehead atoms. The van der Waals surface area contributed by atoms with Crippen LogP contribution in [0.5, 0.6) is 0 Å². The van der Waals surface area contributed by atoms with Crippen molar-refractivity contribution in [3.05, 3.63) is 54.0 Å². The molecule has 1 unspecified atom stereocenters. The van der Waals surface area contributed by atoms with Crippen LogP contribution in [-0.4, -0.2) is 25.0 Å². The highest BCUT2D eigenvalue weighted by Gasteiger charge is 2.25. The number of hydrogen-bond donors (Lipinski definition) is 1. The molecule has 5 rings (SSSR count). The van der Waals surface area contributed by atoms with Crippen molar-refractivity contribution in [3.8, 4) is 11.3 Å². The van der Waals surface area contributed by atoms with Gasteiger partial charge in [-0.05, 0) is 38.3 Å². The Morgan fingerprint density at radius 2 is 1.86 bits per heavy atom. The number of anilines is 1. The van der Waals surface area contributed by atoms with E-state index in [9.17, 15) is 4.79 Å². The van der Waals surface area contributed by atoms with Gasteiger partial charge in [-0.15, -0.1) is 0 Å². The number of nitrogens with zero attached hydrogens (tertiary/aromatic N) is 4. The lowest BCUT2D eigenvalue weighted by molar-refractivity contribution is -0.120. The predicted octanol–water partition coefficient (Wildman–Crippen LogP) is 3.59. The molecule has 0 radical (unpaired) electrons. The molecule has 6 nitrogen and oxygen atoms in total. The van der Waals surface area contributed by atoms with Crippen molar-refractivity contribution in [3.63, 3.8) is 0 Å². The second kappa shape index (κ2) is 6.93. The fourth-order valence-electron chi connectivity index (χ4n) is 4.32. The molecule has 3 aromatic rings. The van der Waals surface area contributed by atoms with Gasteiger partial charge >= 0.3 is 0 Å². The van der Waals surface area contributed by atoms with Gasteiger partial charge in [0.05, 0.1) is 17.3 Å². The number of aromatic nitrogens is 4. The minimum atomic E-state index is -0.0133. The summed E-state index contributed by atoms with van der Waals surface area (Å²) in [4.78, 5) is 22.0. The Morgan fingerprint density at radius 1 is 1.04 bits per heavy atom. The number of hydrogen-bond acceptors (Lipinski definition) is 3. The Hall–Kier alpha value is -2.89. The van der Waals surface area contributed by atoms with E-state index >= 15 is 0 Å². The first-order chi connectivity index (χ1) is 13.7. The molecule has 1 aromatic carbocycles. The van der Waals surface area contributed by atoms with Gasteiger partial charge in [-0.3, -0.25) is 4.79 Å². The van der Waals surface area contributed by atoms with E-state index in [1.54, 1.807) is 0 Å².